The third-order valence-electron chi connectivity index (χ3n) is 4.40. The zero-order valence-electron chi connectivity index (χ0n) is 14.1. The predicted octanol–water partition coefficient (Wildman–Crippen LogP) is 1.15. The number of primary amides is 1. The van der Waals surface area contributed by atoms with Crippen LogP contribution in [0.15, 0.2) is 24.5 Å². The molecule has 1 aliphatic heterocycles. The van der Waals surface area contributed by atoms with Gasteiger partial charge in [-0.3, -0.25) is 4.79 Å². The average Bonchev–Trinajstić information content (AvgIpc) is 3.02. The molecule has 0 radical (unpaired) electrons. The molecule has 3 rings (SSSR count). The summed E-state index contributed by atoms with van der Waals surface area (Å²) in [6, 6.07) is 3.30. The van der Waals surface area contributed by atoms with E-state index in [1.807, 2.05) is 11.8 Å². The molecule has 1 fully saturated rings. The summed E-state index contributed by atoms with van der Waals surface area (Å²) in [5, 5.41) is 9.45. The largest absolute Gasteiger partial charge is 0.478 e. The molecule has 3 N–H and O–H groups in total. The van der Waals surface area contributed by atoms with Gasteiger partial charge in [-0.25, -0.2) is 14.8 Å². The van der Waals surface area contributed by atoms with Crippen LogP contribution in [-0.2, 0) is 11.3 Å². The van der Waals surface area contributed by atoms with Crippen LogP contribution in [0.5, 0.6) is 0 Å². The maximum atomic E-state index is 11.5. The number of piperidine rings is 1. The van der Waals surface area contributed by atoms with Crippen LogP contribution in [0.4, 0.5) is 5.82 Å². The summed E-state index contributed by atoms with van der Waals surface area (Å²) in [5.74, 6) is -0.0226. The quantitative estimate of drug-likeness (QED) is 0.842. The number of carbonyl (C=O) groups excluding carboxylic acids is 1. The highest BCUT2D eigenvalue weighted by atomic mass is 16.4. The van der Waals surface area contributed by atoms with Crippen LogP contribution in [0, 0.1) is 6.92 Å². The maximum absolute atomic E-state index is 11.5. The number of nitrogens with two attached hydrogens (primary N) is 1. The molecule has 0 spiro atoms. The standard InChI is InChI=1S/C17H21N5O3/c1-11-4-5-13(17(24)25)16(20-11)21-7-2-3-12(9-21)15-19-6-8-22(15)10-14(18)23/h4-6,8,12H,2-3,7,9-10H2,1H3,(H2,18,23)(H,24,25)/t12-/m0/s1. The molecular formula is C17H21N5O3. The van der Waals surface area contributed by atoms with Gasteiger partial charge in [-0.15, -0.1) is 0 Å². The van der Waals surface area contributed by atoms with Gasteiger partial charge < -0.3 is 20.3 Å². The first-order chi connectivity index (χ1) is 12.0. The fourth-order valence-corrected chi connectivity index (χ4v) is 3.31. The molecule has 1 saturated heterocycles. The van der Waals surface area contributed by atoms with Gasteiger partial charge in [0.1, 0.15) is 23.8 Å². The van der Waals surface area contributed by atoms with Crippen molar-refractivity contribution >= 4 is 17.7 Å². The van der Waals surface area contributed by atoms with Gasteiger partial charge in [0.05, 0.1) is 0 Å². The Morgan fingerprint density at radius 2 is 2.20 bits per heavy atom. The van der Waals surface area contributed by atoms with Gasteiger partial charge in [-0.05, 0) is 31.9 Å². The average molecular weight is 343 g/mol. The lowest BCUT2D eigenvalue weighted by Crippen LogP contribution is -2.37. The minimum atomic E-state index is -0.986. The number of carboxylic acids is 1. The third kappa shape index (κ3) is 3.62. The number of aromatic nitrogens is 3. The number of carbonyl (C=O) groups is 2. The van der Waals surface area contributed by atoms with Crippen LogP contribution in [0.3, 0.4) is 0 Å². The Morgan fingerprint density at radius 3 is 2.92 bits per heavy atom. The number of aryl methyl sites for hydroxylation is 1. The molecule has 1 atom stereocenters. The highest BCUT2D eigenvalue weighted by molar-refractivity contribution is 5.93. The molecule has 8 nitrogen and oxygen atoms in total. The van der Waals surface area contributed by atoms with Crippen LogP contribution in [-0.4, -0.2) is 44.6 Å². The van der Waals surface area contributed by atoms with Crippen molar-refractivity contribution in [1.29, 1.82) is 0 Å². The smallest absolute Gasteiger partial charge is 0.339 e. The number of aromatic carboxylic acids is 1. The third-order valence-corrected chi connectivity index (χ3v) is 4.40. The van der Waals surface area contributed by atoms with Crippen LogP contribution in [0.25, 0.3) is 0 Å². The number of pyridine rings is 1. The van der Waals surface area contributed by atoms with Gasteiger partial charge in [-0.2, -0.15) is 0 Å². The Bertz CT molecular complexity index is 801. The lowest BCUT2D eigenvalue weighted by molar-refractivity contribution is -0.118. The van der Waals surface area contributed by atoms with Crippen molar-refractivity contribution in [3.05, 3.63) is 41.6 Å². The van der Waals surface area contributed by atoms with Gasteiger partial charge in [0.15, 0.2) is 0 Å². The van der Waals surface area contributed by atoms with Crippen LogP contribution < -0.4 is 10.6 Å². The minimum Gasteiger partial charge on any atom is -0.478 e. The monoisotopic (exact) mass is 343 g/mol. The Labute approximate surface area is 145 Å². The number of carboxylic acid groups (broad SMARTS) is 1. The minimum absolute atomic E-state index is 0.0899. The second-order valence-electron chi connectivity index (χ2n) is 6.29. The summed E-state index contributed by atoms with van der Waals surface area (Å²) in [5.41, 5.74) is 6.27. The number of anilines is 1. The zero-order valence-corrected chi connectivity index (χ0v) is 14.1. The van der Waals surface area contributed by atoms with E-state index in [0.717, 1.165) is 30.9 Å². The molecular weight excluding hydrogens is 322 g/mol. The Kier molecular flexibility index (Phi) is 4.69. The molecule has 0 unspecified atom stereocenters. The zero-order chi connectivity index (χ0) is 18.0. The van der Waals surface area contributed by atoms with E-state index in [1.54, 1.807) is 29.1 Å². The first-order valence-electron chi connectivity index (χ1n) is 8.21. The summed E-state index contributed by atoms with van der Waals surface area (Å²) in [4.78, 5) is 33.6. The second-order valence-corrected chi connectivity index (χ2v) is 6.29. The normalized spacial score (nSPS) is 17.5. The maximum Gasteiger partial charge on any atom is 0.339 e. The number of nitrogens with zero attached hydrogens (tertiary/aromatic N) is 4. The van der Waals surface area contributed by atoms with Gasteiger partial charge in [-0.1, -0.05) is 0 Å². The predicted molar refractivity (Wildman–Crippen MR) is 91.5 cm³/mol. The van der Waals surface area contributed by atoms with E-state index >= 15 is 0 Å². The van der Waals surface area contributed by atoms with Crippen molar-refractivity contribution in [3.63, 3.8) is 0 Å². The molecule has 132 valence electrons. The Hall–Kier alpha value is -2.90. The summed E-state index contributed by atoms with van der Waals surface area (Å²) < 4.78 is 1.76. The van der Waals surface area contributed by atoms with Crippen molar-refractivity contribution in [2.24, 2.45) is 5.73 Å². The molecule has 2 aromatic heterocycles. The van der Waals surface area contributed by atoms with E-state index in [1.165, 1.54) is 0 Å². The summed E-state index contributed by atoms with van der Waals surface area (Å²) in [6.45, 7) is 3.28. The molecule has 0 saturated carbocycles. The van der Waals surface area contributed by atoms with Crippen molar-refractivity contribution in [2.45, 2.75) is 32.2 Å². The lowest BCUT2D eigenvalue weighted by atomic mass is 9.96. The van der Waals surface area contributed by atoms with E-state index in [0.29, 0.717) is 12.4 Å². The van der Waals surface area contributed by atoms with Gasteiger partial charge in [0.25, 0.3) is 0 Å². The second kappa shape index (κ2) is 6.92. The summed E-state index contributed by atoms with van der Waals surface area (Å²) in [6.07, 6.45) is 5.21. The van der Waals surface area contributed by atoms with Crippen LogP contribution >= 0.6 is 0 Å². The molecule has 3 heterocycles. The molecule has 1 aliphatic rings. The van der Waals surface area contributed by atoms with Crippen LogP contribution in [0.1, 0.15) is 40.6 Å². The van der Waals surface area contributed by atoms with E-state index in [4.69, 9.17) is 5.73 Å². The van der Waals surface area contributed by atoms with Crippen molar-refractivity contribution < 1.29 is 14.7 Å². The first-order valence-corrected chi connectivity index (χ1v) is 8.21. The summed E-state index contributed by atoms with van der Waals surface area (Å²) in [7, 11) is 0. The highest BCUT2D eigenvalue weighted by Crippen LogP contribution is 2.30. The number of amides is 1. The molecule has 2 aromatic rings. The van der Waals surface area contributed by atoms with E-state index in [2.05, 4.69) is 9.97 Å². The summed E-state index contributed by atoms with van der Waals surface area (Å²) >= 11 is 0. The van der Waals surface area contributed by atoms with Gasteiger partial charge >= 0.3 is 5.97 Å². The Morgan fingerprint density at radius 1 is 1.40 bits per heavy atom. The molecule has 25 heavy (non-hydrogen) atoms. The number of hydrogen-bond acceptors (Lipinski definition) is 5. The SMILES string of the molecule is Cc1ccc(C(=O)O)c(N2CCC[C@H](c3nccn3CC(N)=O)C2)n1. The fraction of sp³-hybridized carbons (Fsp3) is 0.412. The lowest BCUT2D eigenvalue weighted by Gasteiger charge is -2.34. The first kappa shape index (κ1) is 16.9. The van der Waals surface area contributed by atoms with Gasteiger partial charge in [0.2, 0.25) is 5.91 Å². The molecule has 0 aromatic carbocycles. The Balaban J connectivity index is 1.88. The molecule has 0 bridgehead atoms. The number of rotatable bonds is 5. The number of hydrogen-bond donors (Lipinski definition) is 2. The fourth-order valence-electron chi connectivity index (χ4n) is 3.31. The molecule has 0 aliphatic carbocycles. The van der Waals surface area contributed by atoms with Crippen molar-refractivity contribution in [1.82, 2.24) is 14.5 Å². The van der Waals surface area contributed by atoms with Crippen molar-refractivity contribution in [2.75, 3.05) is 18.0 Å². The van der Waals surface area contributed by atoms with Gasteiger partial charge in [0, 0.05) is 37.1 Å². The van der Waals surface area contributed by atoms with Crippen molar-refractivity contribution in [3.8, 4) is 0 Å². The number of imidazole rings is 1. The topological polar surface area (TPSA) is 114 Å². The highest BCUT2D eigenvalue weighted by Gasteiger charge is 2.28. The van der Waals surface area contributed by atoms with E-state index < -0.39 is 11.9 Å². The van der Waals surface area contributed by atoms with Crippen LogP contribution in [0.2, 0.25) is 0 Å². The van der Waals surface area contributed by atoms with E-state index in [9.17, 15) is 14.7 Å². The molecule has 1 amide bonds. The van der Waals surface area contributed by atoms with E-state index in [-0.39, 0.29) is 18.0 Å². The molecule has 8 heteroatoms.